The van der Waals surface area contributed by atoms with Crippen molar-refractivity contribution in [1.29, 1.82) is 0 Å². The number of amides is 1. The van der Waals surface area contributed by atoms with Crippen LogP contribution in [0, 0.1) is 0 Å². The molecular weight excluding hydrogens is 242 g/mol. The molecule has 3 N–H and O–H groups in total. The topological polar surface area (TPSA) is 62.4 Å². The van der Waals surface area contributed by atoms with Crippen molar-refractivity contribution in [3.63, 3.8) is 0 Å². The van der Waals surface area contributed by atoms with E-state index in [1.807, 2.05) is 31.2 Å². The van der Waals surface area contributed by atoms with Gasteiger partial charge in [0.1, 0.15) is 5.75 Å². The molecule has 0 bridgehead atoms. The fraction of sp³-hybridized carbons (Fsp3) is 0.500. The lowest BCUT2D eigenvalue weighted by Gasteiger charge is -2.28. The largest absolute Gasteiger partial charge is 0.494 e. The molecule has 1 aromatic rings. The predicted octanol–water partition coefficient (Wildman–Crippen LogP) is 0.974. The third kappa shape index (κ3) is 3.94. The highest BCUT2D eigenvalue weighted by Gasteiger charge is 2.23. The van der Waals surface area contributed by atoms with Crippen molar-refractivity contribution in [2.45, 2.75) is 25.9 Å². The van der Waals surface area contributed by atoms with Crippen molar-refractivity contribution in [2.24, 2.45) is 0 Å². The Labute approximate surface area is 113 Å². The molecule has 0 saturated carbocycles. The lowest BCUT2D eigenvalue weighted by molar-refractivity contribution is -0.118. The third-order valence-corrected chi connectivity index (χ3v) is 3.07. The van der Waals surface area contributed by atoms with Crippen LogP contribution in [0.15, 0.2) is 24.3 Å². The summed E-state index contributed by atoms with van der Waals surface area (Å²) in [5.74, 6) is 0.747. The maximum Gasteiger partial charge on any atom is 0.242 e. The quantitative estimate of drug-likeness (QED) is 0.757. The van der Waals surface area contributed by atoms with Crippen LogP contribution < -0.4 is 20.7 Å². The molecule has 0 aromatic heterocycles. The second kappa shape index (κ2) is 6.54. The summed E-state index contributed by atoms with van der Waals surface area (Å²) in [5, 5.41) is 9.41. The van der Waals surface area contributed by atoms with E-state index in [1.54, 1.807) is 0 Å². The van der Waals surface area contributed by atoms with Gasteiger partial charge in [-0.25, -0.2) is 0 Å². The summed E-state index contributed by atoms with van der Waals surface area (Å²) < 4.78 is 5.41. The normalized spacial score (nSPS) is 22.8. The fourth-order valence-corrected chi connectivity index (χ4v) is 2.03. The predicted molar refractivity (Wildman–Crippen MR) is 75.5 cm³/mol. The molecule has 1 aromatic carbocycles. The van der Waals surface area contributed by atoms with Crippen molar-refractivity contribution >= 4 is 11.6 Å². The van der Waals surface area contributed by atoms with E-state index >= 15 is 0 Å². The van der Waals surface area contributed by atoms with E-state index < -0.39 is 0 Å². The highest BCUT2D eigenvalue weighted by atomic mass is 16.5. The van der Waals surface area contributed by atoms with Crippen LogP contribution in [0.25, 0.3) is 0 Å². The Bertz CT molecular complexity index is 428. The molecule has 1 fully saturated rings. The van der Waals surface area contributed by atoms with Gasteiger partial charge in [0, 0.05) is 30.9 Å². The minimum Gasteiger partial charge on any atom is -0.494 e. The summed E-state index contributed by atoms with van der Waals surface area (Å²) in [6.07, 6.45) is 0. The number of benzene rings is 1. The number of carbonyl (C=O) groups is 1. The molecule has 1 heterocycles. The van der Waals surface area contributed by atoms with Crippen LogP contribution in [0.4, 0.5) is 5.69 Å². The highest BCUT2D eigenvalue weighted by Crippen LogP contribution is 2.17. The average molecular weight is 263 g/mol. The molecular formula is C14H21N3O2. The summed E-state index contributed by atoms with van der Waals surface area (Å²) in [7, 11) is 0. The molecule has 2 atom stereocenters. The van der Waals surface area contributed by atoms with Crippen LogP contribution in [-0.2, 0) is 4.79 Å². The Balaban J connectivity index is 1.93. The van der Waals surface area contributed by atoms with Gasteiger partial charge >= 0.3 is 0 Å². The second-order valence-electron chi connectivity index (χ2n) is 4.72. The Morgan fingerprint density at radius 1 is 1.42 bits per heavy atom. The van der Waals surface area contributed by atoms with E-state index in [0.29, 0.717) is 19.2 Å². The molecule has 1 aliphatic rings. The number of nitrogens with one attached hydrogen (secondary N) is 3. The number of ether oxygens (including phenoxy) is 1. The zero-order valence-electron chi connectivity index (χ0n) is 11.4. The highest BCUT2D eigenvalue weighted by molar-refractivity contribution is 5.95. The fourth-order valence-electron chi connectivity index (χ4n) is 2.03. The minimum atomic E-state index is -0.188. The maximum atomic E-state index is 12.1. The van der Waals surface area contributed by atoms with E-state index in [9.17, 15) is 4.79 Å². The van der Waals surface area contributed by atoms with Gasteiger partial charge in [0.15, 0.2) is 0 Å². The molecule has 0 spiro atoms. The molecule has 2 rings (SSSR count). The Morgan fingerprint density at radius 2 is 2.26 bits per heavy atom. The van der Waals surface area contributed by atoms with Crippen LogP contribution in [0.3, 0.4) is 0 Å². The van der Waals surface area contributed by atoms with Gasteiger partial charge in [-0.05, 0) is 26.0 Å². The number of anilines is 1. The van der Waals surface area contributed by atoms with Gasteiger partial charge in [-0.3, -0.25) is 4.79 Å². The summed E-state index contributed by atoms with van der Waals surface area (Å²) in [6.45, 7) is 6.09. The standard InChI is InChI=1S/C14H21N3O2/c1-3-19-12-6-4-5-11(7-12)17-14(18)13-9-15-10(2)8-16-13/h4-7,10,13,15-16H,3,8-9H2,1-2H3,(H,17,18). The Kier molecular flexibility index (Phi) is 4.76. The third-order valence-electron chi connectivity index (χ3n) is 3.07. The summed E-state index contributed by atoms with van der Waals surface area (Å²) in [4.78, 5) is 12.1. The molecule has 19 heavy (non-hydrogen) atoms. The lowest BCUT2D eigenvalue weighted by Crippen LogP contribution is -2.57. The van der Waals surface area contributed by atoms with Gasteiger partial charge in [-0.2, -0.15) is 0 Å². The minimum absolute atomic E-state index is 0.0203. The molecule has 5 heteroatoms. The van der Waals surface area contributed by atoms with Crippen molar-refractivity contribution in [3.05, 3.63) is 24.3 Å². The molecule has 0 radical (unpaired) electrons. The molecule has 1 amide bonds. The average Bonchev–Trinajstić information content (AvgIpc) is 2.40. The lowest BCUT2D eigenvalue weighted by atomic mass is 10.1. The van der Waals surface area contributed by atoms with Crippen molar-refractivity contribution in [3.8, 4) is 5.75 Å². The Hall–Kier alpha value is -1.59. The summed E-state index contributed by atoms with van der Waals surface area (Å²) in [6, 6.07) is 7.66. The van der Waals surface area contributed by atoms with E-state index in [1.165, 1.54) is 0 Å². The van der Waals surface area contributed by atoms with Crippen molar-refractivity contribution in [1.82, 2.24) is 10.6 Å². The molecule has 1 saturated heterocycles. The van der Waals surface area contributed by atoms with Gasteiger partial charge in [-0.15, -0.1) is 0 Å². The zero-order valence-corrected chi connectivity index (χ0v) is 11.4. The van der Waals surface area contributed by atoms with Crippen LogP contribution in [0.1, 0.15) is 13.8 Å². The molecule has 104 valence electrons. The summed E-state index contributed by atoms with van der Waals surface area (Å²) >= 11 is 0. The maximum absolute atomic E-state index is 12.1. The number of hydrogen-bond donors (Lipinski definition) is 3. The van der Waals surface area contributed by atoms with Gasteiger partial charge in [0.2, 0.25) is 5.91 Å². The first kappa shape index (κ1) is 13.8. The van der Waals surface area contributed by atoms with Crippen LogP contribution in [0.5, 0.6) is 5.75 Å². The van der Waals surface area contributed by atoms with E-state index in [2.05, 4.69) is 22.9 Å². The van der Waals surface area contributed by atoms with Crippen LogP contribution in [-0.4, -0.2) is 37.7 Å². The van der Waals surface area contributed by atoms with E-state index in [4.69, 9.17) is 4.74 Å². The zero-order chi connectivity index (χ0) is 13.7. The van der Waals surface area contributed by atoms with E-state index in [-0.39, 0.29) is 11.9 Å². The van der Waals surface area contributed by atoms with Gasteiger partial charge in [-0.1, -0.05) is 6.07 Å². The number of hydrogen-bond acceptors (Lipinski definition) is 4. The molecule has 5 nitrogen and oxygen atoms in total. The SMILES string of the molecule is CCOc1cccc(NC(=O)C2CNC(C)CN2)c1. The molecule has 2 unspecified atom stereocenters. The first-order valence-electron chi connectivity index (χ1n) is 6.69. The Morgan fingerprint density at radius 3 is 2.95 bits per heavy atom. The number of carbonyl (C=O) groups excluding carboxylic acids is 1. The van der Waals surface area contributed by atoms with Crippen molar-refractivity contribution in [2.75, 3.05) is 25.0 Å². The molecule has 0 aliphatic carbocycles. The van der Waals surface area contributed by atoms with Crippen LogP contribution in [0.2, 0.25) is 0 Å². The number of piperazine rings is 1. The monoisotopic (exact) mass is 263 g/mol. The van der Waals surface area contributed by atoms with Gasteiger partial charge < -0.3 is 20.7 Å². The van der Waals surface area contributed by atoms with Gasteiger partial charge in [0.25, 0.3) is 0 Å². The van der Waals surface area contributed by atoms with E-state index in [0.717, 1.165) is 18.0 Å². The first-order chi connectivity index (χ1) is 9.19. The second-order valence-corrected chi connectivity index (χ2v) is 4.72. The number of rotatable bonds is 4. The summed E-state index contributed by atoms with van der Waals surface area (Å²) in [5.41, 5.74) is 0.761. The van der Waals surface area contributed by atoms with Crippen molar-refractivity contribution < 1.29 is 9.53 Å². The molecule has 1 aliphatic heterocycles. The van der Waals surface area contributed by atoms with Gasteiger partial charge in [0.05, 0.1) is 12.6 Å². The first-order valence-corrected chi connectivity index (χ1v) is 6.69. The van der Waals surface area contributed by atoms with Crippen LogP contribution >= 0.6 is 0 Å². The smallest absolute Gasteiger partial charge is 0.242 e.